The van der Waals surface area contributed by atoms with E-state index in [2.05, 4.69) is 27.3 Å². The maximum Gasteiger partial charge on any atom is 0.263 e. The topological polar surface area (TPSA) is 119 Å². The molecule has 8 nitrogen and oxygen atoms in total. The quantitative estimate of drug-likeness (QED) is 0.528. The molecule has 5 rings (SSSR count). The van der Waals surface area contributed by atoms with E-state index in [9.17, 15) is 4.79 Å². The van der Waals surface area contributed by atoms with Crippen molar-refractivity contribution in [1.82, 2.24) is 15.3 Å². The molecule has 0 spiro atoms. The zero-order valence-corrected chi connectivity index (χ0v) is 19.9. The number of hydrogen-bond acceptors (Lipinski definition) is 8. The molecule has 3 aromatic heterocycles. The number of hydrogen-bond donors (Lipinski definition) is 3. The average molecular weight is 467 g/mol. The van der Waals surface area contributed by atoms with Crippen LogP contribution in [0.3, 0.4) is 0 Å². The van der Waals surface area contributed by atoms with E-state index in [4.69, 9.17) is 21.2 Å². The smallest absolute Gasteiger partial charge is 0.263 e. The van der Waals surface area contributed by atoms with Gasteiger partial charge in [-0.2, -0.15) is 0 Å². The van der Waals surface area contributed by atoms with Gasteiger partial charge in [0, 0.05) is 43.0 Å². The number of pyridine rings is 2. The Morgan fingerprint density at radius 2 is 2.18 bits per heavy atom. The minimum absolute atomic E-state index is 0.0575. The number of carbonyl (C=O) groups is 1. The number of rotatable bonds is 5. The third-order valence-electron chi connectivity index (χ3n) is 6.67. The third-order valence-corrected chi connectivity index (χ3v) is 7.78. The number of nitrogens with two attached hydrogens (primary N) is 2. The van der Waals surface area contributed by atoms with E-state index in [0.717, 1.165) is 66.2 Å². The summed E-state index contributed by atoms with van der Waals surface area (Å²) in [5.74, 6) is 0.848. The zero-order valence-electron chi connectivity index (χ0n) is 19.1. The van der Waals surface area contributed by atoms with Crippen molar-refractivity contribution in [3.8, 4) is 0 Å². The number of nitrogen functional groups attached to an aromatic ring is 1. The summed E-state index contributed by atoms with van der Waals surface area (Å²) in [7, 11) is 1.69. The molecule has 0 unspecified atom stereocenters. The number of ether oxygens (including phenoxy) is 1. The maximum atomic E-state index is 13.0. The standard InChI is InChI=1S/C24H30N6O2S/c1-14-3-6-17-20(25)21(33-23(17)27-14)22(31)28-16-5-7-18-15(11-16)4-8-19(29-18)30-10-9-24(26,12-30)13-32-2/h3-4,6,8,16H,5,7,9-13,25-26H2,1-2H3,(H,28,31)/t16-,24+/m0/s1. The Labute approximate surface area is 197 Å². The van der Waals surface area contributed by atoms with Crippen molar-refractivity contribution < 1.29 is 9.53 Å². The first-order chi connectivity index (χ1) is 15.8. The number of aryl methyl sites for hydroxylation is 2. The van der Waals surface area contributed by atoms with Crippen LogP contribution in [0.25, 0.3) is 10.2 Å². The number of nitrogens with one attached hydrogen (secondary N) is 1. The second-order valence-electron chi connectivity index (χ2n) is 9.31. The molecule has 2 atom stereocenters. The molecule has 1 saturated heterocycles. The van der Waals surface area contributed by atoms with Crippen molar-refractivity contribution in [2.75, 3.05) is 37.4 Å². The van der Waals surface area contributed by atoms with Crippen molar-refractivity contribution in [3.05, 3.63) is 46.1 Å². The number of aromatic nitrogens is 2. The van der Waals surface area contributed by atoms with E-state index in [0.29, 0.717) is 17.2 Å². The van der Waals surface area contributed by atoms with Gasteiger partial charge in [-0.15, -0.1) is 11.3 Å². The van der Waals surface area contributed by atoms with Crippen LogP contribution in [0.2, 0.25) is 0 Å². The van der Waals surface area contributed by atoms with Gasteiger partial charge in [-0.25, -0.2) is 9.97 Å². The lowest BCUT2D eigenvalue weighted by Crippen LogP contribution is -2.46. The summed E-state index contributed by atoms with van der Waals surface area (Å²) in [6.07, 6.45) is 3.34. The molecule has 1 amide bonds. The molecule has 174 valence electrons. The fraction of sp³-hybridized carbons (Fsp3) is 0.458. The first kappa shape index (κ1) is 22.1. The normalized spacial score (nSPS) is 22.5. The van der Waals surface area contributed by atoms with E-state index in [1.807, 2.05) is 19.1 Å². The lowest BCUT2D eigenvalue weighted by Gasteiger charge is -2.27. The Balaban J connectivity index is 1.26. The van der Waals surface area contributed by atoms with Gasteiger partial charge in [-0.1, -0.05) is 6.07 Å². The zero-order chi connectivity index (χ0) is 23.2. The molecule has 0 radical (unpaired) electrons. The summed E-state index contributed by atoms with van der Waals surface area (Å²) in [6, 6.07) is 8.12. The van der Waals surface area contributed by atoms with Crippen LogP contribution < -0.4 is 21.7 Å². The molecule has 0 saturated carbocycles. The molecule has 1 aliphatic heterocycles. The largest absolute Gasteiger partial charge is 0.397 e. The van der Waals surface area contributed by atoms with Gasteiger partial charge < -0.3 is 26.4 Å². The third kappa shape index (κ3) is 4.28. The van der Waals surface area contributed by atoms with Crippen LogP contribution in [0.15, 0.2) is 24.3 Å². The summed E-state index contributed by atoms with van der Waals surface area (Å²) in [5.41, 5.74) is 16.1. The molecule has 1 aliphatic carbocycles. The monoisotopic (exact) mass is 466 g/mol. The number of amides is 1. The SMILES string of the molecule is COC[C@@]1(N)CCN(c2ccc3c(n2)CC[C@H](NC(=O)c2sc4nc(C)ccc4c2N)C3)C1. The molecule has 5 N–H and O–H groups in total. The highest BCUT2D eigenvalue weighted by Crippen LogP contribution is 2.33. The Morgan fingerprint density at radius 1 is 1.33 bits per heavy atom. The van der Waals surface area contributed by atoms with Gasteiger partial charge in [0.25, 0.3) is 5.91 Å². The van der Waals surface area contributed by atoms with Crippen LogP contribution in [0.5, 0.6) is 0 Å². The first-order valence-electron chi connectivity index (χ1n) is 11.3. The molecule has 0 bridgehead atoms. The van der Waals surface area contributed by atoms with Gasteiger partial charge in [0.05, 0.1) is 17.8 Å². The van der Waals surface area contributed by atoms with Crippen molar-refractivity contribution in [1.29, 1.82) is 0 Å². The van der Waals surface area contributed by atoms with E-state index in [-0.39, 0.29) is 17.5 Å². The Bertz CT molecular complexity index is 1210. The van der Waals surface area contributed by atoms with Gasteiger partial charge in [-0.3, -0.25) is 4.79 Å². The number of anilines is 2. The Hall–Kier alpha value is -2.75. The molecular formula is C24H30N6O2S. The number of carbonyl (C=O) groups excluding carboxylic acids is 1. The number of methoxy groups -OCH3 is 1. The highest BCUT2D eigenvalue weighted by atomic mass is 32.1. The minimum Gasteiger partial charge on any atom is -0.397 e. The lowest BCUT2D eigenvalue weighted by atomic mass is 9.91. The van der Waals surface area contributed by atoms with Gasteiger partial charge in [-0.05, 0) is 56.4 Å². The first-order valence-corrected chi connectivity index (χ1v) is 12.1. The summed E-state index contributed by atoms with van der Waals surface area (Å²) < 4.78 is 5.29. The predicted molar refractivity (Wildman–Crippen MR) is 132 cm³/mol. The summed E-state index contributed by atoms with van der Waals surface area (Å²) >= 11 is 1.35. The van der Waals surface area contributed by atoms with Crippen LogP contribution in [-0.2, 0) is 17.6 Å². The number of nitrogens with zero attached hydrogens (tertiary/aromatic N) is 3. The van der Waals surface area contributed by atoms with Gasteiger partial charge in [0.1, 0.15) is 15.5 Å². The summed E-state index contributed by atoms with van der Waals surface area (Å²) in [6.45, 7) is 4.12. The highest BCUT2D eigenvalue weighted by Gasteiger charge is 2.35. The molecule has 9 heteroatoms. The van der Waals surface area contributed by atoms with Gasteiger partial charge >= 0.3 is 0 Å². The van der Waals surface area contributed by atoms with Crippen LogP contribution in [0, 0.1) is 6.92 Å². The maximum absolute atomic E-state index is 13.0. The van der Waals surface area contributed by atoms with Gasteiger partial charge in [0.15, 0.2) is 0 Å². The molecule has 1 fully saturated rings. The summed E-state index contributed by atoms with van der Waals surface area (Å²) in [4.78, 5) is 26.0. The fourth-order valence-corrected chi connectivity index (χ4v) is 5.95. The number of fused-ring (bicyclic) bond motifs is 2. The minimum atomic E-state index is -0.315. The molecule has 3 aromatic rings. The summed E-state index contributed by atoms with van der Waals surface area (Å²) in [5, 5.41) is 4.03. The highest BCUT2D eigenvalue weighted by molar-refractivity contribution is 7.21. The van der Waals surface area contributed by atoms with Crippen molar-refractivity contribution in [3.63, 3.8) is 0 Å². The van der Waals surface area contributed by atoms with Crippen LogP contribution in [-0.4, -0.2) is 54.3 Å². The molecular weight excluding hydrogens is 436 g/mol. The van der Waals surface area contributed by atoms with Crippen molar-refractivity contribution in [2.45, 2.75) is 44.2 Å². The van der Waals surface area contributed by atoms with E-state index in [1.54, 1.807) is 7.11 Å². The second kappa shape index (κ2) is 8.55. The fourth-order valence-electron chi connectivity index (χ4n) is 4.90. The van der Waals surface area contributed by atoms with E-state index >= 15 is 0 Å². The molecule has 0 aromatic carbocycles. The van der Waals surface area contributed by atoms with Crippen LogP contribution in [0.1, 0.15) is 39.5 Å². The van der Waals surface area contributed by atoms with E-state index < -0.39 is 0 Å². The Morgan fingerprint density at radius 3 is 3.00 bits per heavy atom. The average Bonchev–Trinajstić information content (AvgIpc) is 3.33. The van der Waals surface area contributed by atoms with Gasteiger partial charge in [0.2, 0.25) is 0 Å². The van der Waals surface area contributed by atoms with Crippen LogP contribution in [0.4, 0.5) is 11.5 Å². The van der Waals surface area contributed by atoms with Crippen molar-refractivity contribution >= 4 is 39.0 Å². The lowest BCUT2D eigenvalue weighted by molar-refractivity contribution is 0.0938. The number of thiophene rings is 1. The molecule has 4 heterocycles. The Kier molecular flexibility index (Phi) is 5.72. The van der Waals surface area contributed by atoms with E-state index in [1.165, 1.54) is 16.9 Å². The second-order valence-corrected chi connectivity index (χ2v) is 10.3. The van der Waals surface area contributed by atoms with Crippen LogP contribution >= 0.6 is 11.3 Å². The predicted octanol–water partition coefficient (Wildman–Crippen LogP) is 2.42. The van der Waals surface area contributed by atoms with Crippen molar-refractivity contribution in [2.24, 2.45) is 5.73 Å². The molecule has 33 heavy (non-hydrogen) atoms. The molecule has 2 aliphatic rings.